The summed E-state index contributed by atoms with van der Waals surface area (Å²) in [5.74, 6) is 1.89. The predicted molar refractivity (Wildman–Crippen MR) is 148 cm³/mol. The number of fused-ring (bicyclic) bond motifs is 3. The van der Waals surface area contributed by atoms with E-state index in [1.807, 2.05) is 38.2 Å². The van der Waals surface area contributed by atoms with Crippen LogP contribution < -0.4 is 25.8 Å². The van der Waals surface area contributed by atoms with E-state index in [2.05, 4.69) is 39.6 Å². The Hall–Kier alpha value is -3.65. The minimum Gasteiger partial charge on any atom is -0.486 e. The quantitative estimate of drug-likeness (QED) is 0.480. The smallest absolute Gasteiger partial charge is 0.253 e. The van der Waals surface area contributed by atoms with Gasteiger partial charge in [-0.3, -0.25) is 9.59 Å². The number of hydrogen-bond acceptors (Lipinski definition) is 6. The number of nitrogens with one attached hydrogen (secondary N) is 3. The molecule has 1 amide bonds. The van der Waals surface area contributed by atoms with Crippen molar-refractivity contribution >= 4 is 11.7 Å². The number of aromatic amines is 1. The number of hydrogen-bond donors (Lipinski definition) is 3. The van der Waals surface area contributed by atoms with E-state index in [1.165, 1.54) is 0 Å². The number of benzene rings is 1. The largest absolute Gasteiger partial charge is 0.486 e. The normalized spacial score (nSPS) is 22.1. The summed E-state index contributed by atoms with van der Waals surface area (Å²) in [4.78, 5) is 35.8. The second-order valence-electron chi connectivity index (χ2n) is 11.1. The topological polar surface area (TPSA) is 99.3 Å². The molecule has 0 radical (unpaired) electrons. The molecule has 2 fully saturated rings. The first-order chi connectivity index (χ1) is 18.3. The lowest BCUT2D eigenvalue weighted by atomic mass is 9.86. The van der Waals surface area contributed by atoms with Crippen LogP contribution in [-0.2, 0) is 6.54 Å². The molecule has 3 aromatic rings. The van der Waals surface area contributed by atoms with Gasteiger partial charge in [0.2, 0.25) is 0 Å². The number of aryl methyl sites for hydroxylation is 2. The van der Waals surface area contributed by atoms with E-state index >= 15 is 0 Å². The zero-order valence-corrected chi connectivity index (χ0v) is 22.3. The molecule has 0 bridgehead atoms. The van der Waals surface area contributed by atoms with Crippen molar-refractivity contribution in [3.63, 3.8) is 0 Å². The summed E-state index contributed by atoms with van der Waals surface area (Å²) in [6.07, 6.45) is 5.06. The van der Waals surface area contributed by atoms with Crippen molar-refractivity contribution in [3.8, 4) is 16.9 Å². The van der Waals surface area contributed by atoms with Crippen LogP contribution in [-0.4, -0.2) is 47.7 Å². The lowest BCUT2D eigenvalue weighted by molar-refractivity contribution is 0.0950. The van der Waals surface area contributed by atoms with Crippen LogP contribution in [0.2, 0.25) is 0 Å². The highest BCUT2D eigenvalue weighted by Gasteiger charge is 2.49. The molecule has 1 aromatic carbocycles. The molecule has 38 heavy (non-hydrogen) atoms. The van der Waals surface area contributed by atoms with E-state index in [9.17, 15) is 9.59 Å². The lowest BCUT2D eigenvalue weighted by Gasteiger charge is -2.28. The van der Waals surface area contributed by atoms with Gasteiger partial charge in [0.1, 0.15) is 17.2 Å². The van der Waals surface area contributed by atoms with Crippen LogP contribution in [0.1, 0.15) is 64.8 Å². The van der Waals surface area contributed by atoms with Crippen LogP contribution in [0.4, 0.5) is 5.82 Å². The number of anilines is 1. The molecule has 1 saturated heterocycles. The maximum atomic E-state index is 13.4. The van der Waals surface area contributed by atoms with Crippen LogP contribution in [0, 0.1) is 13.8 Å². The Morgan fingerprint density at radius 3 is 2.76 bits per heavy atom. The molecule has 2 unspecified atom stereocenters. The maximum absolute atomic E-state index is 13.4. The molecule has 6 rings (SSSR count). The van der Waals surface area contributed by atoms with Crippen molar-refractivity contribution < 1.29 is 9.53 Å². The Morgan fingerprint density at radius 1 is 1.21 bits per heavy atom. The van der Waals surface area contributed by atoms with E-state index in [0.29, 0.717) is 11.1 Å². The molecular formula is C30H35N5O3. The first-order valence-corrected chi connectivity index (χ1v) is 13.6. The van der Waals surface area contributed by atoms with Gasteiger partial charge in [0.05, 0.1) is 0 Å². The van der Waals surface area contributed by atoms with Crippen LogP contribution in [0.3, 0.4) is 0 Å². The van der Waals surface area contributed by atoms with Gasteiger partial charge in [0, 0.05) is 78.3 Å². The highest BCUT2D eigenvalue weighted by molar-refractivity contribution is 5.97. The molecule has 1 aliphatic carbocycles. The van der Waals surface area contributed by atoms with Crippen molar-refractivity contribution in [2.24, 2.45) is 0 Å². The molecule has 198 valence electrons. The zero-order valence-electron chi connectivity index (χ0n) is 22.3. The summed E-state index contributed by atoms with van der Waals surface area (Å²) in [6.45, 7) is 9.89. The summed E-state index contributed by atoms with van der Waals surface area (Å²) in [5, 5.41) is 6.36. The third-order valence-corrected chi connectivity index (χ3v) is 8.41. The number of carbonyl (C=O) groups excluding carboxylic acids is 1. The van der Waals surface area contributed by atoms with E-state index in [1.54, 1.807) is 0 Å². The van der Waals surface area contributed by atoms with Crippen LogP contribution >= 0.6 is 0 Å². The second kappa shape index (κ2) is 9.58. The number of carbonyl (C=O) groups is 1. The van der Waals surface area contributed by atoms with E-state index < -0.39 is 0 Å². The van der Waals surface area contributed by atoms with Crippen molar-refractivity contribution in [1.29, 1.82) is 0 Å². The van der Waals surface area contributed by atoms with Gasteiger partial charge in [-0.15, -0.1) is 0 Å². The van der Waals surface area contributed by atoms with E-state index in [4.69, 9.17) is 9.72 Å². The molecule has 0 spiro atoms. The Labute approximate surface area is 222 Å². The van der Waals surface area contributed by atoms with Crippen LogP contribution in [0.25, 0.3) is 11.1 Å². The molecule has 8 nitrogen and oxygen atoms in total. The Kier molecular flexibility index (Phi) is 6.22. The number of amides is 1. The van der Waals surface area contributed by atoms with Gasteiger partial charge in [0.15, 0.2) is 0 Å². The fraction of sp³-hybridized carbons (Fsp3) is 0.433. The molecule has 4 heterocycles. The minimum atomic E-state index is -0.243. The maximum Gasteiger partial charge on any atom is 0.253 e. The van der Waals surface area contributed by atoms with Crippen molar-refractivity contribution in [2.45, 2.75) is 58.1 Å². The van der Waals surface area contributed by atoms with E-state index in [-0.39, 0.29) is 29.5 Å². The highest BCUT2D eigenvalue weighted by Crippen LogP contribution is 2.56. The van der Waals surface area contributed by atoms with E-state index in [0.717, 1.165) is 85.0 Å². The van der Waals surface area contributed by atoms with Crippen molar-refractivity contribution in [1.82, 2.24) is 20.6 Å². The highest BCUT2D eigenvalue weighted by atomic mass is 16.5. The number of rotatable bonds is 5. The zero-order chi connectivity index (χ0) is 26.4. The number of nitrogens with zero attached hydrogens (tertiary/aromatic N) is 2. The SMILES string of the molecule is Cc1cc(C)c(CNC(=O)c2cc(-c3ccc(N4CCNCC4)nc3)c3c(c2)C2CCCC2(C)O3)c(=O)[nH]1. The Bertz CT molecular complexity index is 1440. The summed E-state index contributed by atoms with van der Waals surface area (Å²) >= 11 is 0. The Balaban J connectivity index is 1.33. The van der Waals surface area contributed by atoms with Gasteiger partial charge in [-0.05, 0) is 75.9 Å². The van der Waals surface area contributed by atoms with Gasteiger partial charge in [0.25, 0.3) is 11.5 Å². The second-order valence-corrected chi connectivity index (χ2v) is 11.1. The first-order valence-electron chi connectivity index (χ1n) is 13.6. The molecule has 3 aliphatic rings. The number of piperazine rings is 1. The summed E-state index contributed by atoms with van der Waals surface area (Å²) in [5.41, 5.74) is 5.35. The fourth-order valence-corrected chi connectivity index (χ4v) is 6.34. The standard InChI is InChI=1S/C30H35N5O3/c1-18-13-19(2)34-29(37)24(18)17-33-28(36)21-14-22(27-23(15-21)25-5-4-8-30(25,3)38-27)20-6-7-26(32-16-20)35-11-9-31-10-12-35/h6-7,13-16,25,31H,4-5,8-12,17H2,1-3H3,(H,33,36)(H,34,37). The lowest BCUT2D eigenvalue weighted by Crippen LogP contribution is -2.43. The van der Waals surface area contributed by atoms with Gasteiger partial charge < -0.3 is 25.3 Å². The molecule has 2 aromatic heterocycles. The summed E-state index contributed by atoms with van der Waals surface area (Å²) < 4.78 is 6.63. The molecule has 2 atom stereocenters. The van der Waals surface area contributed by atoms with Crippen molar-refractivity contribution in [3.05, 3.63) is 74.8 Å². The third-order valence-electron chi connectivity index (χ3n) is 8.41. The number of ether oxygens (including phenoxy) is 1. The van der Waals surface area contributed by atoms with Gasteiger partial charge >= 0.3 is 0 Å². The summed E-state index contributed by atoms with van der Waals surface area (Å²) in [6, 6.07) is 9.96. The molecule has 1 saturated carbocycles. The predicted octanol–water partition coefficient (Wildman–Crippen LogP) is 3.81. The monoisotopic (exact) mass is 513 g/mol. The van der Waals surface area contributed by atoms with Gasteiger partial charge in [-0.1, -0.05) is 0 Å². The average Bonchev–Trinajstić information content (AvgIpc) is 3.42. The molecule has 3 N–H and O–H groups in total. The average molecular weight is 514 g/mol. The summed E-state index contributed by atoms with van der Waals surface area (Å²) in [7, 11) is 0. The van der Waals surface area contributed by atoms with Crippen LogP contribution in [0.5, 0.6) is 5.75 Å². The fourth-order valence-electron chi connectivity index (χ4n) is 6.34. The Morgan fingerprint density at radius 2 is 2.03 bits per heavy atom. The minimum absolute atomic E-state index is 0.164. The number of pyridine rings is 2. The van der Waals surface area contributed by atoms with Gasteiger partial charge in [-0.25, -0.2) is 4.98 Å². The van der Waals surface area contributed by atoms with Gasteiger partial charge in [-0.2, -0.15) is 0 Å². The molecule has 2 aliphatic heterocycles. The first kappa shape index (κ1) is 24.7. The molecular weight excluding hydrogens is 478 g/mol. The van der Waals surface area contributed by atoms with Crippen molar-refractivity contribution in [2.75, 3.05) is 31.1 Å². The number of aromatic nitrogens is 2. The third kappa shape index (κ3) is 4.36. The van der Waals surface area contributed by atoms with Crippen LogP contribution in [0.15, 0.2) is 41.3 Å². The molecule has 8 heteroatoms. The number of H-pyrrole nitrogens is 1.